The number of likely N-dealkylation sites (N-methyl/N-ethyl adjacent to an activating group) is 1. The lowest BCUT2D eigenvalue weighted by Gasteiger charge is -2.28. The first-order valence-corrected chi connectivity index (χ1v) is 12.1. The van der Waals surface area contributed by atoms with E-state index in [1.54, 1.807) is 30.3 Å². The molecule has 1 fully saturated rings. The van der Waals surface area contributed by atoms with E-state index in [-0.39, 0.29) is 0 Å². The zero-order chi connectivity index (χ0) is 24.9. The number of rotatable bonds is 7. The third kappa shape index (κ3) is 6.08. The Morgan fingerprint density at radius 3 is 2.49 bits per heavy atom. The van der Waals surface area contributed by atoms with E-state index < -0.39 is 11.9 Å². The lowest BCUT2D eigenvalue weighted by molar-refractivity contribution is 0.100. The molecule has 3 aromatic carbocycles. The molecule has 0 spiro atoms. The van der Waals surface area contributed by atoms with E-state index in [4.69, 9.17) is 17.3 Å². The van der Waals surface area contributed by atoms with Gasteiger partial charge in [0.25, 0.3) is 0 Å². The second-order valence-corrected chi connectivity index (χ2v) is 9.40. The zero-order valence-corrected chi connectivity index (χ0v) is 21.0. The molecule has 3 amide bonds. The fraction of sp³-hybridized carbons (Fsp3) is 0.231. The van der Waals surface area contributed by atoms with Crippen molar-refractivity contribution in [3.63, 3.8) is 0 Å². The number of primary amides is 1. The van der Waals surface area contributed by atoms with Crippen molar-refractivity contribution in [3.8, 4) is 0 Å². The molecule has 1 aliphatic rings. The van der Waals surface area contributed by atoms with Crippen LogP contribution >= 0.6 is 24.4 Å². The quantitative estimate of drug-likeness (QED) is 0.390. The monoisotopic (exact) mass is 509 g/mol. The van der Waals surface area contributed by atoms with Gasteiger partial charge in [0.15, 0.2) is 0 Å². The van der Waals surface area contributed by atoms with Gasteiger partial charge >= 0.3 is 6.03 Å². The normalized spacial score (nSPS) is 15.6. The molecular formula is C26H28ClN5O2S. The van der Waals surface area contributed by atoms with Crippen LogP contribution in [0.1, 0.15) is 22.3 Å². The molecule has 0 radical (unpaired) electrons. The molecule has 1 saturated heterocycles. The van der Waals surface area contributed by atoms with Gasteiger partial charge in [-0.05, 0) is 54.4 Å². The molecule has 1 unspecified atom stereocenters. The molecule has 182 valence electrons. The molecule has 1 aliphatic heterocycles. The summed E-state index contributed by atoms with van der Waals surface area (Å²) in [5.41, 5.74) is 8.90. The number of halogens is 1. The van der Waals surface area contributed by atoms with Gasteiger partial charge in [0, 0.05) is 44.0 Å². The van der Waals surface area contributed by atoms with Gasteiger partial charge in [-0.1, -0.05) is 54.7 Å². The minimum absolute atomic E-state index is 0.354. The number of hydrogen-bond acceptors (Lipinski definition) is 5. The number of carbonyl (C=O) groups is 2. The smallest absolute Gasteiger partial charge is 0.336 e. The Balaban J connectivity index is 1.36. The van der Waals surface area contributed by atoms with E-state index in [2.05, 4.69) is 59.2 Å². The van der Waals surface area contributed by atoms with Crippen molar-refractivity contribution >= 4 is 53.4 Å². The number of nitrogens with two attached hydrogens (primary N) is 1. The van der Waals surface area contributed by atoms with Crippen LogP contribution in [0.4, 0.5) is 21.9 Å². The second kappa shape index (κ2) is 11.0. The summed E-state index contributed by atoms with van der Waals surface area (Å²) in [7, 11) is 2.06. The van der Waals surface area contributed by atoms with E-state index in [0.717, 1.165) is 36.0 Å². The maximum absolute atomic E-state index is 12.6. The van der Waals surface area contributed by atoms with Gasteiger partial charge in [-0.25, -0.2) is 9.10 Å². The van der Waals surface area contributed by atoms with Crippen molar-refractivity contribution in [2.24, 2.45) is 5.73 Å². The highest BCUT2D eigenvalue weighted by Gasteiger charge is 2.27. The van der Waals surface area contributed by atoms with Gasteiger partial charge in [0.05, 0.1) is 16.4 Å². The fourth-order valence-electron chi connectivity index (χ4n) is 4.24. The van der Waals surface area contributed by atoms with Crippen LogP contribution in [0.15, 0.2) is 72.8 Å². The molecule has 0 bridgehead atoms. The van der Waals surface area contributed by atoms with E-state index in [0.29, 0.717) is 28.0 Å². The average Bonchev–Trinajstić information content (AvgIpc) is 3.32. The average molecular weight is 510 g/mol. The van der Waals surface area contributed by atoms with Crippen molar-refractivity contribution < 1.29 is 9.59 Å². The van der Waals surface area contributed by atoms with Gasteiger partial charge in [-0.3, -0.25) is 9.69 Å². The Bertz CT molecular complexity index is 1190. The summed E-state index contributed by atoms with van der Waals surface area (Å²) < 4.78 is 1.15. The Morgan fingerprint density at radius 2 is 1.83 bits per heavy atom. The molecule has 3 N–H and O–H groups in total. The standard InChI is InChI=1S/C26H28ClN5O2S/c1-30(22-13-14-31(17-22)16-18-5-3-2-4-6-18)24-12-9-20(15-23(24)27)29-26(34)32(35)21-10-7-19(8-11-21)25(28)33/h2-12,15,22,35H,13-14,16-17H2,1H3,(H2,28,33)(H,29,34). The van der Waals surface area contributed by atoms with E-state index in [1.807, 2.05) is 18.2 Å². The van der Waals surface area contributed by atoms with Gasteiger partial charge in [-0.2, -0.15) is 0 Å². The first-order chi connectivity index (χ1) is 16.8. The molecule has 1 atom stereocenters. The van der Waals surface area contributed by atoms with Gasteiger partial charge in [0.1, 0.15) is 0 Å². The number of thiol groups is 1. The SMILES string of the molecule is CN(c1ccc(NC(=O)N(S)c2ccc(C(N)=O)cc2)cc1Cl)C1CCN(Cc2ccccc2)C1. The summed E-state index contributed by atoms with van der Waals surface area (Å²) in [5.74, 6) is -0.534. The van der Waals surface area contributed by atoms with Gasteiger partial charge < -0.3 is 16.0 Å². The molecule has 0 saturated carbocycles. The number of anilines is 3. The van der Waals surface area contributed by atoms with Crippen LogP contribution in [0.25, 0.3) is 0 Å². The van der Waals surface area contributed by atoms with Crippen LogP contribution in [0, 0.1) is 0 Å². The molecule has 4 rings (SSSR count). The number of nitrogens with one attached hydrogen (secondary N) is 1. The van der Waals surface area contributed by atoms with Crippen LogP contribution in [0.5, 0.6) is 0 Å². The molecule has 0 aliphatic carbocycles. The zero-order valence-electron chi connectivity index (χ0n) is 19.4. The first-order valence-electron chi connectivity index (χ1n) is 11.3. The van der Waals surface area contributed by atoms with Crippen molar-refractivity contribution in [2.45, 2.75) is 19.0 Å². The van der Waals surface area contributed by atoms with Crippen LogP contribution in [-0.2, 0) is 6.54 Å². The third-order valence-electron chi connectivity index (χ3n) is 6.21. The molecule has 0 aromatic heterocycles. The number of carbonyl (C=O) groups excluding carboxylic acids is 2. The highest BCUT2D eigenvalue weighted by Crippen LogP contribution is 2.32. The molecule has 7 nitrogen and oxygen atoms in total. The highest BCUT2D eigenvalue weighted by atomic mass is 35.5. The van der Waals surface area contributed by atoms with Crippen LogP contribution in [-0.4, -0.2) is 43.0 Å². The predicted octanol–water partition coefficient (Wildman–Crippen LogP) is 5.03. The fourth-order valence-corrected chi connectivity index (χ4v) is 4.74. The number of amides is 3. The van der Waals surface area contributed by atoms with Crippen LogP contribution < -0.4 is 20.3 Å². The van der Waals surface area contributed by atoms with Crippen molar-refractivity contribution in [1.29, 1.82) is 0 Å². The van der Waals surface area contributed by atoms with Crippen LogP contribution in [0.2, 0.25) is 5.02 Å². The van der Waals surface area contributed by atoms with Crippen molar-refractivity contribution in [2.75, 3.05) is 34.7 Å². The molecule has 1 heterocycles. The molecule has 35 heavy (non-hydrogen) atoms. The number of nitrogens with zero attached hydrogens (tertiary/aromatic N) is 3. The lowest BCUT2D eigenvalue weighted by atomic mass is 10.2. The Morgan fingerprint density at radius 1 is 1.11 bits per heavy atom. The Hall–Kier alpha value is -3.20. The summed E-state index contributed by atoms with van der Waals surface area (Å²) in [4.78, 5) is 28.5. The minimum Gasteiger partial charge on any atom is -0.369 e. The predicted molar refractivity (Wildman–Crippen MR) is 145 cm³/mol. The van der Waals surface area contributed by atoms with E-state index in [1.165, 1.54) is 5.56 Å². The number of urea groups is 1. The summed E-state index contributed by atoms with van der Waals surface area (Å²) in [5, 5.41) is 3.35. The maximum atomic E-state index is 12.6. The third-order valence-corrected chi connectivity index (χ3v) is 6.93. The topological polar surface area (TPSA) is 81.9 Å². The lowest BCUT2D eigenvalue weighted by Crippen LogP contribution is -2.34. The second-order valence-electron chi connectivity index (χ2n) is 8.59. The first kappa shape index (κ1) is 24.9. The number of benzene rings is 3. The summed E-state index contributed by atoms with van der Waals surface area (Å²) in [6.45, 7) is 2.94. The largest absolute Gasteiger partial charge is 0.369 e. The number of likely N-dealkylation sites (tertiary alicyclic amines) is 1. The van der Waals surface area contributed by atoms with Crippen LogP contribution in [0.3, 0.4) is 0 Å². The number of hydrogen-bond donors (Lipinski definition) is 3. The van der Waals surface area contributed by atoms with Gasteiger partial charge in [0.2, 0.25) is 5.91 Å². The summed E-state index contributed by atoms with van der Waals surface area (Å²) in [6, 6.07) is 22.1. The van der Waals surface area contributed by atoms with E-state index >= 15 is 0 Å². The van der Waals surface area contributed by atoms with Gasteiger partial charge in [-0.15, -0.1) is 0 Å². The summed E-state index contributed by atoms with van der Waals surface area (Å²) in [6.07, 6.45) is 1.06. The molecule has 9 heteroatoms. The Labute approximate surface area is 216 Å². The van der Waals surface area contributed by atoms with Crippen molar-refractivity contribution in [1.82, 2.24) is 4.90 Å². The van der Waals surface area contributed by atoms with E-state index in [9.17, 15) is 9.59 Å². The maximum Gasteiger partial charge on any atom is 0.336 e. The summed E-state index contributed by atoms with van der Waals surface area (Å²) >= 11 is 10.9. The van der Waals surface area contributed by atoms with Crippen molar-refractivity contribution in [3.05, 3.63) is 88.9 Å². The highest BCUT2D eigenvalue weighted by molar-refractivity contribution is 7.82. The molecule has 3 aromatic rings. The minimum atomic E-state index is -0.534. The Kier molecular flexibility index (Phi) is 7.85. The molecular weight excluding hydrogens is 482 g/mol.